The summed E-state index contributed by atoms with van der Waals surface area (Å²) in [6, 6.07) is 15.5. The maximum atomic E-state index is 12.6. The Morgan fingerprint density at radius 1 is 0.943 bits per heavy atom. The Morgan fingerprint density at radius 2 is 1.66 bits per heavy atom. The molecule has 35 heavy (non-hydrogen) atoms. The van der Waals surface area contributed by atoms with Crippen molar-refractivity contribution < 1.29 is 33.4 Å². The number of ether oxygens (including phenoxy) is 3. The lowest BCUT2D eigenvalue weighted by atomic mass is 10.0. The first-order valence-corrected chi connectivity index (χ1v) is 11.5. The highest BCUT2D eigenvalue weighted by Gasteiger charge is 2.23. The maximum Gasteiger partial charge on any atom is 0.341 e. The molecule has 0 radical (unpaired) electrons. The molecule has 10 heteroatoms. The molecule has 0 saturated carbocycles. The normalized spacial score (nSPS) is 10.2. The molecule has 0 aliphatic heterocycles. The fourth-order valence-corrected chi connectivity index (χ4v) is 4.02. The van der Waals surface area contributed by atoms with Crippen molar-refractivity contribution in [3.63, 3.8) is 0 Å². The number of amides is 2. The quantitative estimate of drug-likeness (QED) is 0.412. The van der Waals surface area contributed by atoms with Crippen molar-refractivity contribution in [1.82, 2.24) is 5.32 Å². The number of rotatable bonds is 10. The minimum Gasteiger partial charge on any atom is -0.497 e. The minimum absolute atomic E-state index is 0.163. The van der Waals surface area contributed by atoms with Crippen LogP contribution in [0, 0.1) is 0 Å². The van der Waals surface area contributed by atoms with Crippen LogP contribution in [0.25, 0.3) is 11.1 Å². The van der Waals surface area contributed by atoms with Crippen molar-refractivity contribution >= 4 is 40.1 Å². The zero-order valence-corrected chi connectivity index (χ0v) is 20.0. The molecule has 1 heterocycles. The monoisotopic (exact) mass is 496 g/mol. The second-order valence-electron chi connectivity index (χ2n) is 7.06. The van der Waals surface area contributed by atoms with Gasteiger partial charge in [-0.05, 0) is 36.8 Å². The van der Waals surface area contributed by atoms with Crippen LogP contribution in [-0.4, -0.2) is 50.6 Å². The van der Waals surface area contributed by atoms with Gasteiger partial charge in [0.1, 0.15) is 22.9 Å². The Morgan fingerprint density at radius 3 is 2.31 bits per heavy atom. The predicted octanol–water partition coefficient (Wildman–Crippen LogP) is 3.51. The Balaban J connectivity index is 1.61. The fourth-order valence-electron chi connectivity index (χ4n) is 3.04. The van der Waals surface area contributed by atoms with Crippen LogP contribution in [0.15, 0.2) is 60.0 Å². The second kappa shape index (κ2) is 12.3. The van der Waals surface area contributed by atoms with Gasteiger partial charge in [-0.1, -0.05) is 30.3 Å². The van der Waals surface area contributed by atoms with Crippen LogP contribution in [0.3, 0.4) is 0 Å². The molecule has 0 bridgehead atoms. The van der Waals surface area contributed by atoms with E-state index >= 15 is 0 Å². The molecule has 9 nitrogen and oxygen atoms in total. The standard InChI is InChI=1S/C25H24N2O7S/c1-3-33-25(31)22-19(16-9-11-18(32-2)12-10-16)15-35-24(22)27-20(28)14-34-21(29)13-26-23(30)17-7-5-4-6-8-17/h4-12,15H,3,13-14H2,1-2H3,(H,26,30)(H,27,28). The first kappa shape index (κ1) is 25.4. The Bertz CT molecular complexity index is 1190. The van der Waals surface area contributed by atoms with Crippen LogP contribution in [0.1, 0.15) is 27.6 Å². The van der Waals surface area contributed by atoms with Crippen LogP contribution in [0.2, 0.25) is 0 Å². The van der Waals surface area contributed by atoms with Crippen molar-refractivity contribution in [3.8, 4) is 16.9 Å². The zero-order chi connectivity index (χ0) is 25.2. The van der Waals surface area contributed by atoms with Crippen LogP contribution < -0.4 is 15.4 Å². The molecular formula is C25H24N2O7S. The number of esters is 2. The molecule has 0 saturated heterocycles. The molecule has 1 aromatic heterocycles. The minimum atomic E-state index is -0.778. The van der Waals surface area contributed by atoms with Crippen LogP contribution >= 0.6 is 11.3 Å². The van der Waals surface area contributed by atoms with Gasteiger partial charge in [0, 0.05) is 16.5 Å². The molecule has 0 unspecified atom stereocenters. The van der Waals surface area contributed by atoms with E-state index < -0.39 is 36.9 Å². The highest BCUT2D eigenvalue weighted by Crippen LogP contribution is 2.36. The number of anilines is 1. The summed E-state index contributed by atoms with van der Waals surface area (Å²) in [5, 5.41) is 7.03. The summed E-state index contributed by atoms with van der Waals surface area (Å²) in [5.74, 6) is -1.77. The maximum absolute atomic E-state index is 12.6. The Kier molecular flexibility index (Phi) is 8.96. The highest BCUT2D eigenvalue weighted by atomic mass is 32.1. The van der Waals surface area contributed by atoms with Crippen molar-refractivity contribution in [2.75, 3.05) is 32.2 Å². The van der Waals surface area contributed by atoms with E-state index in [1.165, 1.54) is 0 Å². The number of hydrogen-bond acceptors (Lipinski definition) is 8. The average molecular weight is 497 g/mol. The van der Waals surface area contributed by atoms with E-state index in [2.05, 4.69) is 10.6 Å². The number of carbonyl (C=O) groups excluding carboxylic acids is 4. The van der Waals surface area contributed by atoms with E-state index in [1.54, 1.807) is 74.0 Å². The van der Waals surface area contributed by atoms with Gasteiger partial charge in [-0.3, -0.25) is 14.4 Å². The summed E-state index contributed by atoms with van der Waals surface area (Å²) in [7, 11) is 1.56. The number of methoxy groups -OCH3 is 1. The Hall–Kier alpha value is -4.18. The van der Waals surface area contributed by atoms with E-state index in [0.717, 1.165) is 16.9 Å². The molecule has 2 N–H and O–H groups in total. The lowest BCUT2D eigenvalue weighted by Gasteiger charge is -2.10. The van der Waals surface area contributed by atoms with Gasteiger partial charge in [-0.2, -0.15) is 0 Å². The van der Waals surface area contributed by atoms with E-state index in [9.17, 15) is 19.2 Å². The topological polar surface area (TPSA) is 120 Å². The SMILES string of the molecule is CCOC(=O)c1c(-c2ccc(OC)cc2)csc1NC(=O)COC(=O)CNC(=O)c1ccccc1. The third-order valence-corrected chi connectivity index (χ3v) is 5.61. The summed E-state index contributed by atoms with van der Waals surface area (Å²) >= 11 is 1.15. The lowest BCUT2D eigenvalue weighted by Crippen LogP contribution is -2.32. The molecule has 0 spiro atoms. The number of benzene rings is 2. The Labute approximate surface area is 206 Å². The number of thiophene rings is 1. The van der Waals surface area contributed by atoms with Crippen LogP contribution in [0.5, 0.6) is 5.75 Å². The third-order valence-electron chi connectivity index (χ3n) is 4.72. The molecule has 2 aromatic carbocycles. The van der Waals surface area contributed by atoms with Gasteiger partial charge in [0.05, 0.1) is 13.7 Å². The highest BCUT2D eigenvalue weighted by molar-refractivity contribution is 7.15. The summed E-state index contributed by atoms with van der Waals surface area (Å²) in [5.41, 5.74) is 1.94. The van der Waals surface area contributed by atoms with E-state index in [4.69, 9.17) is 14.2 Å². The molecule has 0 aliphatic carbocycles. The second-order valence-corrected chi connectivity index (χ2v) is 7.94. The van der Waals surface area contributed by atoms with Gasteiger partial charge in [-0.25, -0.2) is 4.79 Å². The number of nitrogens with one attached hydrogen (secondary N) is 2. The summed E-state index contributed by atoms with van der Waals surface area (Å²) in [6.07, 6.45) is 0. The fraction of sp³-hybridized carbons (Fsp3) is 0.200. The first-order chi connectivity index (χ1) is 16.9. The molecular weight excluding hydrogens is 472 g/mol. The van der Waals surface area contributed by atoms with Gasteiger partial charge in [-0.15, -0.1) is 11.3 Å². The van der Waals surface area contributed by atoms with Crippen molar-refractivity contribution in [3.05, 3.63) is 71.1 Å². The first-order valence-electron chi connectivity index (χ1n) is 10.6. The number of carbonyl (C=O) groups is 4. The average Bonchev–Trinajstić information content (AvgIpc) is 3.30. The lowest BCUT2D eigenvalue weighted by molar-refractivity contribution is -0.146. The van der Waals surface area contributed by atoms with E-state index in [0.29, 0.717) is 16.9 Å². The summed E-state index contributed by atoms with van der Waals surface area (Å²) in [4.78, 5) is 49.0. The van der Waals surface area contributed by atoms with E-state index in [-0.39, 0.29) is 17.2 Å². The van der Waals surface area contributed by atoms with Crippen LogP contribution in [0.4, 0.5) is 5.00 Å². The smallest absolute Gasteiger partial charge is 0.341 e. The van der Waals surface area contributed by atoms with Gasteiger partial charge in [0.2, 0.25) is 0 Å². The molecule has 3 rings (SSSR count). The van der Waals surface area contributed by atoms with Crippen molar-refractivity contribution in [1.29, 1.82) is 0 Å². The molecule has 3 aromatic rings. The molecule has 182 valence electrons. The summed E-state index contributed by atoms with van der Waals surface area (Å²) in [6.45, 7) is 0.871. The van der Waals surface area contributed by atoms with Crippen molar-refractivity contribution in [2.45, 2.75) is 6.92 Å². The zero-order valence-electron chi connectivity index (χ0n) is 19.2. The molecule has 0 fully saturated rings. The summed E-state index contributed by atoms with van der Waals surface area (Å²) < 4.78 is 15.3. The van der Waals surface area contributed by atoms with Gasteiger partial charge >= 0.3 is 11.9 Å². The number of hydrogen-bond donors (Lipinski definition) is 2. The molecule has 2 amide bonds. The largest absolute Gasteiger partial charge is 0.497 e. The van der Waals surface area contributed by atoms with Gasteiger partial charge in [0.15, 0.2) is 6.61 Å². The van der Waals surface area contributed by atoms with Gasteiger partial charge < -0.3 is 24.8 Å². The van der Waals surface area contributed by atoms with Crippen molar-refractivity contribution in [2.24, 2.45) is 0 Å². The molecule has 0 atom stereocenters. The molecule has 0 aliphatic rings. The van der Waals surface area contributed by atoms with Gasteiger partial charge in [0.25, 0.3) is 11.8 Å². The van der Waals surface area contributed by atoms with Crippen LogP contribution in [-0.2, 0) is 19.1 Å². The van der Waals surface area contributed by atoms with E-state index in [1.807, 2.05) is 0 Å². The third kappa shape index (κ3) is 6.90. The predicted molar refractivity (Wildman–Crippen MR) is 131 cm³/mol.